The standard InChI is InChI=1S/C11H14O5/c1-15-9-6-8(12)10(16-2)5-7(9)3-4-11(13)14/h5-6,12H,3-4H2,1-2H3,(H,13,14). The summed E-state index contributed by atoms with van der Waals surface area (Å²) >= 11 is 0. The number of methoxy groups -OCH3 is 2. The Morgan fingerprint density at radius 1 is 1.25 bits per heavy atom. The zero-order valence-corrected chi connectivity index (χ0v) is 9.19. The lowest BCUT2D eigenvalue weighted by molar-refractivity contribution is -0.136. The Kier molecular flexibility index (Phi) is 3.99. The number of aromatic hydroxyl groups is 1. The minimum Gasteiger partial charge on any atom is -0.504 e. The number of carboxylic acids is 1. The first-order chi connectivity index (χ1) is 7.58. The van der Waals surface area contributed by atoms with E-state index in [9.17, 15) is 9.90 Å². The van der Waals surface area contributed by atoms with Crippen LogP contribution in [-0.4, -0.2) is 30.4 Å². The summed E-state index contributed by atoms with van der Waals surface area (Å²) in [6.45, 7) is 0. The highest BCUT2D eigenvalue weighted by Gasteiger charge is 2.11. The Morgan fingerprint density at radius 2 is 1.88 bits per heavy atom. The van der Waals surface area contributed by atoms with E-state index in [2.05, 4.69) is 0 Å². The third-order valence-electron chi connectivity index (χ3n) is 2.19. The van der Waals surface area contributed by atoms with Gasteiger partial charge in [-0.15, -0.1) is 0 Å². The number of carbonyl (C=O) groups is 1. The number of aliphatic carboxylic acids is 1. The molecule has 0 saturated heterocycles. The molecule has 5 heteroatoms. The predicted molar refractivity (Wildman–Crippen MR) is 57.2 cm³/mol. The molecule has 0 heterocycles. The van der Waals surface area contributed by atoms with Crippen molar-refractivity contribution in [2.75, 3.05) is 14.2 Å². The lowest BCUT2D eigenvalue weighted by Gasteiger charge is -2.11. The summed E-state index contributed by atoms with van der Waals surface area (Å²) in [5.74, 6) is -0.145. The Labute approximate surface area is 93.2 Å². The summed E-state index contributed by atoms with van der Waals surface area (Å²) in [5, 5.41) is 18.1. The van der Waals surface area contributed by atoms with E-state index >= 15 is 0 Å². The molecule has 0 aliphatic rings. The normalized spacial score (nSPS) is 9.88. The lowest BCUT2D eigenvalue weighted by Crippen LogP contribution is -2.00. The van der Waals surface area contributed by atoms with E-state index in [1.807, 2.05) is 0 Å². The summed E-state index contributed by atoms with van der Waals surface area (Å²) in [7, 11) is 2.90. The van der Waals surface area contributed by atoms with Gasteiger partial charge in [-0.05, 0) is 18.1 Å². The van der Waals surface area contributed by atoms with Crippen LogP contribution in [0.1, 0.15) is 12.0 Å². The summed E-state index contributed by atoms with van der Waals surface area (Å²) in [6.07, 6.45) is 0.333. The van der Waals surface area contributed by atoms with Gasteiger partial charge in [-0.1, -0.05) is 0 Å². The van der Waals surface area contributed by atoms with Crippen LogP contribution in [0.2, 0.25) is 0 Å². The number of phenolic OH excluding ortho intramolecular Hbond substituents is 1. The molecule has 5 nitrogen and oxygen atoms in total. The van der Waals surface area contributed by atoms with Crippen LogP contribution in [0.5, 0.6) is 17.2 Å². The van der Waals surface area contributed by atoms with Gasteiger partial charge in [0, 0.05) is 12.5 Å². The number of aryl methyl sites for hydroxylation is 1. The van der Waals surface area contributed by atoms with E-state index in [0.717, 1.165) is 0 Å². The molecule has 0 aliphatic heterocycles. The average Bonchev–Trinajstić information content (AvgIpc) is 2.26. The quantitative estimate of drug-likeness (QED) is 0.794. The van der Waals surface area contributed by atoms with Crippen molar-refractivity contribution < 1.29 is 24.5 Å². The van der Waals surface area contributed by atoms with Gasteiger partial charge in [0.05, 0.1) is 14.2 Å². The Hall–Kier alpha value is -1.91. The van der Waals surface area contributed by atoms with Crippen LogP contribution in [-0.2, 0) is 11.2 Å². The van der Waals surface area contributed by atoms with Gasteiger partial charge in [-0.2, -0.15) is 0 Å². The van der Waals surface area contributed by atoms with Gasteiger partial charge >= 0.3 is 5.97 Å². The van der Waals surface area contributed by atoms with Crippen LogP contribution in [0.15, 0.2) is 12.1 Å². The fraction of sp³-hybridized carbons (Fsp3) is 0.364. The molecule has 1 rings (SSSR count). The summed E-state index contributed by atoms with van der Waals surface area (Å²) in [6, 6.07) is 2.99. The lowest BCUT2D eigenvalue weighted by atomic mass is 10.1. The molecule has 0 saturated carbocycles. The van der Waals surface area contributed by atoms with Gasteiger partial charge in [0.15, 0.2) is 11.5 Å². The molecule has 0 spiro atoms. The van der Waals surface area contributed by atoms with E-state index in [0.29, 0.717) is 23.5 Å². The van der Waals surface area contributed by atoms with Crippen molar-refractivity contribution in [3.63, 3.8) is 0 Å². The van der Waals surface area contributed by atoms with Crippen LogP contribution in [0.3, 0.4) is 0 Å². The SMILES string of the molecule is COc1cc(CCC(=O)O)c(OC)cc1O. The van der Waals surface area contributed by atoms with Gasteiger partial charge in [-0.3, -0.25) is 4.79 Å². The summed E-state index contributed by atoms with van der Waals surface area (Å²) < 4.78 is 9.99. The smallest absolute Gasteiger partial charge is 0.303 e. The molecule has 0 unspecified atom stereocenters. The summed E-state index contributed by atoms with van der Waals surface area (Å²) in [5.41, 5.74) is 0.694. The number of benzene rings is 1. The molecule has 1 aromatic rings. The molecule has 0 aliphatic carbocycles. The number of carboxylic acid groups (broad SMARTS) is 1. The van der Waals surface area contributed by atoms with Gasteiger partial charge in [0.2, 0.25) is 0 Å². The van der Waals surface area contributed by atoms with E-state index in [-0.39, 0.29) is 12.2 Å². The number of hydrogen-bond donors (Lipinski definition) is 2. The number of hydrogen-bond acceptors (Lipinski definition) is 4. The minimum atomic E-state index is -0.880. The van der Waals surface area contributed by atoms with Crippen molar-refractivity contribution in [1.29, 1.82) is 0 Å². The largest absolute Gasteiger partial charge is 0.504 e. The second-order valence-corrected chi connectivity index (χ2v) is 3.23. The Balaban J connectivity index is 2.99. The van der Waals surface area contributed by atoms with Gasteiger partial charge in [0.25, 0.3) is 0 Å². The fourth-order valence-electron chi connectivity index (χ4n) is 1.38. The molecule has 16 heavy (non-hydrogen) atoms. The second kappa shape index (κ2) is 5.25. The van der Waals surface area contributed by atoms with Crippen molar-refractivity contribution in [3.8, 4) is 17.2 Å². The topological polar surface area (TPSA) is 76.0 Å². The molecule has 88 valence electrons. The maximum absolute atomic E-state index is 10.5. The number of rotatable bonds is 5. The first kappa shape index (κ1) is 12.2. The zero-order chi connectivity index (χ0) is 12.1. The van der Waals surface area contributed by atoms with Crippen LogP contribution >= 0.6 is 0 Å². The molecule has 0 bridgehead atoms. The van der Waals surface area contributed by atoms with Crippen molar-refractivity contribution in [2.45, 2.75) is 12.8 Å². The average molecular weight is 226 g/mol. The third kappa shape index (κ3) is 2.79. The van der Waals surface area contributed by atoms with Crippen LogP contribution in [0.25, 0.3) is 0 Å². The highest BCUT2D eigenvalue weighted by molar-refractivity contribution is 5.67. The maximum Gasteiger partial charge on any atom is 0.303 e. The molecular formula is C11H14O5. The van der Waals surface area contributed by atoms with Crippen LogP contribution in [0.4, 0.5) is 0 Å². The Morgan fingerprint density at radius 3 is 2.38 bits per heavy atom. The van der Waals surface area contributed by atoms with Gasteiger partial charge < -0.3 is 19.7 Å². The zero-order valence-electron chi connectivity index (χ0n) is 9.19. The monoisotopic (exact) mass is 226 g/mol. The molecule has 0 radical (unpaired) electrons. The van der Waals surface area contributed by atoms with Crippen molar-refractivity contribution in [3.05, 3.63) is 17.7 Å². The van der Waals surface area contributed by atoms with E-state index in [1.54, 1.807) is 6.07 Å². The summed E-state index contributed by atoms with van der Waals surface area (Å²) in [4.78, 5) is 10.5. The molecule has 0 aromatic heterocycles. The highest BCUT2D eigenvalue weighted by Crippen LogP contribution is 2.34. The maximum atomic E-state index is 10.5. The van der Waals surface area contributed by atoms with E-state index < -0.39 is 5.97 Å². The van der Waals surface area contributed by atoms with Crippen molar-refractivity contribution in [1.82, 2.24) is 0 Å². The van der Waals surface area contributed by atoms with Crippen LogP contribution < -0.4 is 9.47 Å². The Bertz CT molecular complexity index is 386. The third-order valence-corrected chi connectivity index (χ3v) is 2.19. The molecule has 0 fully saturated rings. The predicted octanol–water partition coefficient (Wildman–Crippen LogP) is 1.43. The second-order valence-electron chi connectivity index (χ2n) is 3.23. The molecule has 0 atom stereocenters. The van der Waals surface area contributed by atoms with Gasteiger partial charge in [-0.25, -0.2) is 0 Å². The number of phenols is 1. The van der Waals surface area contributed by atoms with Crippen LogP contribution in [0, 0.1) is 0 Å². The molecule has 0 amide bonds. The highest BCUT2D eigenvalue weighted by atomic mass is 16.5. The first-order valence-corrected chi connectivity index (χ1v) is 4.74. The van der Waals surface area contributed by atoms with Crippen molar-refractivity contribution >= 4 is 5.97 Å². The van der Waals surface area contributed by atoms with Crippen molar-refractivity contribution in [2.24, 2.45) is 0 Å². The number of ether oxygens (including phenoxy) is 2. The molecule has 1 aromatic carbocycles. The fourth-order valence-corrected chi connectivity index (χ4v) is 1.38. The first-order valence-electron chi connectivity index (χ1n) is 4.74. The van der Waals surface area contributed by atoms with E-state index in [1.165, 1.54) is 20.3 Å². The van der Waals surface area contributed by atoms with Gasteiger partial charge in [0.1, 0.15) is 5.75 Å². The molecular weight excluding hydrogens is 212 g/mol. The molecule has 2 N–H and O–H groups in total. The van der Waals surface area contributed by atoms with E-state index in [4.69, 9.17) is 14.6 Å². The minimum absolute atomic E-state index is 0.00426.